The van der Waals surface area contributed by atoms with Gasteiger partial charge in [-0.25, -0.2) is 14.6 Å². The van der Waals surface area contributed by atoms with Crippen molar-refractivity contribution in [3.05, 3.63) is 203 Å². The van der Waals surface area contributed by atoms with Gasteiger partial charge in [0.05, 0.1) is 44.0 Å². The van der Waals surface area contributed by atoms with Gasteiger partial charge in [0.25, 0.3) is 0 Å². The minimum absolute atomic E-state index is 0.0276. The second-order valence-corrected chi connectivity index (χ2v) is 32.1. The zero-order valence-electron chi connectivity index (χ0n) is 69.0. The van der Waals surface area contributed by atoms with Gasteiger partial charge >= 0.3 is 11.9 Å². The van der Waals surface area contributed by atoms with E-state index in [1.165, 1.54) is 36.8 Å². The topological polar surface area (TPSA) is 569 Å². The van der Waals surface area contributed by atoms with Crippen LogP contribution < -0.4 is 49.1 Å². The number of guanidine groups is 1. The van der Waals surface area contributed by atoms with Crippen molar-refractivity contribution in [3.63, 3.8) is 0 Å². The lowest BCUT2D eigenvalue weighted by atomic mass is 9.89. The standard InChI is InChI=1S/C68H87N15O13.C23H16O6/c1-38(2)23-53(64(93)78-52(13-7-21-73-68(70)71)60(89)35-83-22-8-14-57(83)67(96)76-34-61(69)90)81-65(94)54(27-43-31-74-50-11-5-3-9-48(43)50)79-62(91)41(24-39-15-18-46(85)19-16-39)30-59(88)56(36-84)82-66(95)55(28-44-32-75-51-12-6-4-10-49(44)51)80-63(92)42(25-45-33-72-37-77-45)29-58(87)40-17-20-47(86)26-40;24-20-16(14-7-3-1-5-12(14)9-18(20)22(26)27)11-17-15-8-4-2-6-13(15)10-19(21(17)25)23(28)29/h3-6,9-12,15-16,18-19,31-33,37-38,40-42,52-57,74-75,84-85H,7-8,13-14,17,20-30,34-36H2,1-2H3,(H2,69,90)(H,72,77)(H,76,96)(H,78,93)(H,79,91)(H,80,92)(H,81,94)(H,82,95)(H4,70,71,73);1-10,24-25H,11H2,(H,26,27)(H,28,29). The van der Waals surface area contributed by atoms with Gasteiger partial charge in [0.2, 0.25) is 41.4 Å². The fraction of sp³-hybridized carbons (Fsp3) is 0.352. The number of aromatic carboxylic acids is 2. The lowest BCUT2D eigenvalue weighted by Gasteiger charge is -2.28. The number of phenolic OH excluding ortho intramolecular Hbond substituents is 1. The number of carbonyl (C=O) groups excluding carboxylic acids is 11. The number of carbonyl (C=O) groups is 13. The van der Waals surface area contributed by atoms with Crippen LogP contribution in [0.15, 0.2) is 163 Å². The second-order valence-electron chi connectivity index (χ2n) is 32.1. The first-order valence-electron chi connectivity index (χ1n) is 41.3. The van der Waals surface area contributed by atoms with Gasteiger partial charge in [0, 0.05) is 127 Å². The molecule has 125 heavy (non-hydrogen) atoms. The van der Waals surface area contributed by atoms with Gasteiger partial charge in [-0.1, -0.05) is 111 Å². The van der Waals surface area contributed by atoms with Gasteiger partial charge in [0.1, 0.15) is 64.1 Å². The van der Waals surface area contributed by atoms with Crippen molar-refractivity contribution in [2.24, 2.45) is 45.9 Å². The molecule has 1 saturated carbocycles. The number of nitrogens with two attached hydrogens (primary N) is 3. The Bertz CT molecular complexity index is 5580. The molecule has 21 N–H and O–H groups in total. The summed E-state index contributed by atoms with van der Waals surface area (Å²) in [6.45, 7) is 2.53. The Morgan fingerprint density at radius 3 is 1.62 bits per heavy atom. The Labute approximate surface area is 717 Å². The Balaban J connectivity index is 0.000000437. The number of H-pyrrole nitrogens is 3. The molecule has 34 nitrogen and oxygen atoms in total. The van der Waals surface area contributed by atoms with Crippen molar-refractivity contribution in [2.75, 3.05) is 32.8 Å². The van der Waals surface area contributed by atoms with E-state index in [-0.39, 0.29) is 124 Å². The van der Waals surface area contributed by atoms with Gasteiger partial charge in [-0.15, -0.1) is 0 Å². The molecule has 7 aromatic carbocycles. The lowest BCUT2D eigenvalue weighted by Crippen LogP contribution is -2.58. The molecule has 0 spiro atoms. The maximum atomic E-state index is 15.2. The fourth-order valence-corrected chi connectivity index (χ4v) is 16.2. The molecule has 656 valence electrons. The number of ketones is 4. The number of imidazole rings is 1. The molecule has 0 radical (unpaired) electrons. The number of aromatic amines is 3. The highest BCUT2D eigenvalue weighted by Gasteiger charge is 2.40. The van der Waals surface area contributed by atoms with E-state index in [1.54, 1.807) is 90.1 Å². The van der Waals surface area contributed by atoms with E-state index >= 15 is 9.59 Å². The summed E-state index contributed by atoms with van der Waals surface area (Å²) in [5.41, 5.74) is 20.2. The average molecular weight is 1710 g/mol. The predicted octanol–water partition coefficient (Wildman–Crippen LogP) is 5.41. The summed E-state index contributed by atoms with van der Waals surface area (Å²) in [7, 11) is 0. The Kier molecular flexibility index (Phi) is 31.2. The minimum atomic E-state index is -1.66. The minimum Gasteiger partial charge on any atom is -0.508 e. The van der Waals surface area contributed by atoms with Crippen LogP contribution in [0.2, 0.25) is 0 Å². The number of hydrogen-bond donors (Lipinski definition) is 18. The number of rotatable bonds is 41. The molecule has 10 aromatic rings. The number of aliphatic hydroxyl groups is 1. The smallest absolute Gasteiger partial charge is 0.339 e. The van der Waals surface area contributed by atoms with E-state index in [9.17, 15) is 83.4 Å². The summed E-state index contributed by atoms with van der Waals surface area (Å²) in [5, 5.41) is 82.0. The van der Waals surface area contributed by atoms with E-state index in [1.807, 2.05) is 50.2 Å². The van der Waals surface area contributed by atoms with Crippen molar-refractivity contribution in [1.82, 2.24) is 56.7 Å². The molecule has 4 heterocycles. The number of hydrogen-bond acceptors (Lipinski definition) is 20. The Morgan fingerprint density at radius 2 is 1.10 bits per heavy atom. The summed E-state index contributed by atoms with van der Waals surface area (Å²) in [6.07, 6.45) is 7.00. The molecule has 1 saturated heterocycles. The summed E-state index contributed by atoms with van der Waals surface area (Å²) < 4.78 is 0. The van der Waals surface area contributed by atoms with E-state index in [0.717, 1.165) is 16.4 Å². The molecule has 1 aliphatic heterocycles. The summed E-state index contributed by atoms with van der Waals surface area (Å²) in [4.78, 5) is 196. The number of nitrogens with zero attached hydrogens (tertiary/aromatic N) is 3. The van der Waals surface area contributed by atoms with Gasteiger partial charge in [-0.3, -0.25) is 62.6 Å². The number of fused-ring (bicyclic) bond motifs is 4. The van der Waals surface area contributed by atoms with Gasteiger partial charge in [-0.05, 0) is 132 Å². The molecule has 7 amide bonds. The predicted molar refractivity (Wildman–Crippen MR) is 463 cm³/mol. The number of Topliss-reactive ketones (excluding diaryl/α,β-unsaturated/α-hetero) is 4. The van der Waals surface area contributed by atoms with Gasteiger partial charge < -0.3 is 94.7 Å². The van der Waals surface area contributed by atoms with Crippen molar-refractivity contribution in [2.45, 2.75) is 146 Å². The van der Waals surface area contributed by atoms with Crippen LogP contribution in [0.3, 0.4) is 0 Å². The third kappa shape index (κ3) is 24.2. The largest absolute Gasteiger partial charge is 0.508 e. The number of para-hydroxylation sites is 2. The maximum absolute atomic E-state index is 15.2. The highest BCUT2D eigenvalue weighted by atomic mass is 16.4. The maximum Gasteiger partial charge on any atom is 0.339 e. The van der Waals surface area contributed by atoms with E-state index in [4.69, 9.17) is 17.2 Å². The normalized spacial score (nSPS) is 15.6. The number of benzene rings is 7. The number of carboxylic acids is 2. The van der Waals surface area contributed by atoms with Gasteiger partial charge in [0.15, 0.2) is 17.5 Å². The zero-order valence-corrected chi connectivity index (χ0v) is 69.0. The molecule has 9 atom stereocenters. The SMILES string of the molecule is CC(C)CC(NC(=O)C(Cc1c[nH]c2ccccc12)NC(=O)C(CC(=O)C(CO)NC(=O)C(Cc1c[nH]c2ccccc12)NC(=O)C(CC(=O)C1CCC(=O)C1)Cc1cnc[nH]1)Cc1ccc(O)cc1)C(=O)NC(CCCN=C(N)N)C(=O)CN1CCCC1C(=O)NCC(N)=O.O=C(O)c1cc2ccccc2c(Cc2c(O)c(C(=O)O)cc3ccccc23)c1O. The number of amides is 7. The van der Waals surface area contributed by atoms with Gasteiger partial charge in [-0.2, -0.15) is 0 Å². The third-order valence-corrected chi connectivity index (χ3v) is 22.6. The van der Waals surface area contributed by atoms with Crippen molar-refractivity contribution in [1.29, 1.82) is 0 Å². The fourth-order valence-electron chi connectivity index (χ4n) is 16.2. The molecule has 2 aliphatic rings. The number of carboxylic acid groups (broad SMARTS) is 2. The van der Waals surface area contributed by atoms with Crippen molar-refractivity contribution < 1.29 is 93.0 Å². The lowest BCUT2D eigenvalue weighted by molar-refractivity contribution is -0.136. The second kappa shape index (κ2) is 42.6. The highest BCUT2D eigenvalue weighted by molar-refractivity contribution is 6.04. The Morgan fingerprint density at radius 1 is 0.584 bits per heavy atom. The average Bonchev–Trinajstić information content (AvgIpc) is 1.23. The van der Waals surface area contributed by atoms with Crippen LogP contribution in [0, 0.1) is 23.7 Å². The van der Waals surface area contributed by atoms with Crippen LogP contribution in [0.4, 0.5) is 0 Å². The molecule has 1 aliphatic carbocycles. The van der Waals surface area contributed by atoms with Crippen LogP contribution in [-0.2, 0) is 84.8 Å². The number of phenols is 3. The highest BCUT2D eigenvalue weighted by Crippen LogP contribution is 2.40. The molecular formula is C91H103N15O19. The molecule has 9 unspecified atom stereocenters. The van der Waals surface area contributed by atoms with Crippen molar-refractivity contribution in [3.8, 4) is 17.2 Å². The van der Waals surface area contributed by atoms with Crippen LogP contribution in [0.5, 0.6) is 17.2 Å². The van der Waals surface area contributed by atoms with Crippen LogP contribution >= 0.6 is 0 Å². The molecule has 3 aromatic heterocycles. The first kappa shape index (κ1) is 91.6. The number of aromatic hydroxyl groups is 3. The Hall–Kier alpha value is -14.2. The molecule has 0 bridgehead atoms. The first-order chi connectivity index (χ1) is 59.9. The first-order valence-corrected chi connectivity index (χ1v) is 41.3. The number of primary amides is 1. The molecule has 12 rings (SSSR count). The van der Waals surface area contributed by atoms with Crippen LogP contribution in [0.25, 0.3) is 43.4 Å². The zero-order chi connectivity index (χ0) is 89.7. The number of aliphatic imine (C=N–C) groups is 1. The summed E-state index contributed by atoms with van der Waals surface area (Å²) >= 11 is 0. The van der Waals surface area contributed by atoms with E-state index in [0.29, 0.717) is 86.2 Å². The van der Waals surface area contributed by atoms with E-state index in [2.05, 4.69) is 56.8 Å². The molecule has 2 fully saturated rings. The number of nitrogens with one attached hydrogen (secondary N) is 9. The molecular weight excluding hydrogens is 1610 g/mol. The summed E-state index contributed by atoms with van der Waals surface area (Å²) in [5.74, 6) is -13.5. The number of aliphatic hydroxyl groups excluding tert-OH is 1. The van der Waals surface area contributed by atoms with Crippen LogP contribution in [0.1, 0.15) is 132 Å². The number of aromatic nitrogens is 4. The van der Waals surface area contributed by atoms with Crippen molar-refractivity contribution >= 4 is 126 Å². The van der Waals surface area contributed by atoms with Crippen LogP contribution in [-0.4, -0.2) is 207 Å². The van der Waals surface area contributed by atoms with E-state index < -0.39 is 150 Å². The molecule has 34 heteroatoms. The quantitative estimate of drug-likeness (QED) is 0.0129. The summed E-state index contributed by atoms with van der Waals surface area (Å²) in [6, 6.07) is 29.5. The monoisotopic (exact) mass is 1710 g/mol. The third-order valence-electron chi connectivity index (χ3n) is 22.6. The number of likely N-dealkylation sites (tertiary alicyclic amines) is 1.